The van der Waals surface area contributed by atoms with E-state index in [1.807, 2.05) is 12.1 Å². The normalized spacial score (nSPS) is 9.95. The monoisotopic (exact) mass is 451 g/mol. The van der Waals surface area contributed by atoms with E-state index < -0.39 is 5.97 Å². The Kier molecular flexibility index (Phi) is 7.22. The van der Waals surface area contributed by atoms with E-state index in [1.54, 1.807) is 19.1 Å². The van der Waals surface area contributed by atoms with Gasteiger partial charge in [0.15, 0.2) is 0 Å². The van der Waals surface area contributed by atoms with Gasteiger partial charge in [-0.25, -0.2) is 0 Å². The molecule has 0 radical (unpaired) electrons. The molecule has 20 heavy (non-hydrogen) atoms. The maximum atomic E-state index is 12.5. The number of amides is 1. The van der Waals surface area contributed by atoms with Crippen LogP contribution in [0.1, 0.15) is 17.3 Å². The lowest BCUT2D eigenvalue weighted by Crippen LogP contribution is -2.36. The van der Waals surface area contributed by atoms with Crippen LogP contribution in [0.5, 0.6) is 0 Å². The first-order valence-electron chi connectivity index (χ1n) is 6.00. The summed E-state index contributed by atoms with van der Waals surface area (Å²) in [6, 6.07) is 5.48. The minimum atomic E-state index is -0.426. The standard InChI is InChI=1S/C14H15BrINO3/c1-3-7-17(9-13(18)20-4-2)14(19)11-8-10(16)5-6-12(11)15/h3,5-6,8H,1,4,7,9H2,2H3. The minimum absolute atomic E-state index is 0.0867. The number of ether oxygens (including phenoxy) is 1. The van der Waals surface area contributed by atoms with Gasteiger partial charge in [0.1, 0.15) is 6.54 Å². The maximum absolute atomic E-state index is 12.5. The molecule has 6 heteroatoms. The molecule has 0 fully saturated rings. The highest BCUT2D eigenvalue weighted by atomic mass is 127. The van der Waals surface area contributed by atoms with Crippen LogP contribution in [0.15, 0.2) is 35.3 Å². The van der Waals surface area contributed by atoms with E-state index in [0.29, 0.717) is 16.6 Å². The van der Waals surface area contributed by atoms with Crippen LogP contribution in [0, 0.1) is 3.57 Å². The predicted octanol–water partition coefficient (Wildman–Crippen LogP) is 3.25. The molecular weight excluding hydrogens is 437 g/mol. The second-order valence-corrected chi connectivity index (χ2v) is 6.00. The largest absolute Gasteiger partial charge is 0.465 e. The van der Waals surface area contributed by atoms with Crippen LogP contribution in [0.2, 0.25) is 0 Å². The first-order valence-corrected chi connectivity index (χ1v) is 7.87. The molecule has 4 nitrogen and oxygen atoms in total. The van der Waals surface area contributed by atoms with E-state index in [2.05, 4.69) is 45.1 Å². The molecule has 0 aromatic heterocycles. The average Bonchev–Trinajstić information content (AvgIpc) is 2.40. The highest BCUT2D eigenvalue weighted by Gasteiger charge is 2.20. The van der Waals surface area contributed by atoms with E-state index in [0.717, 1.165) is 3.57 Å². The number of halogens is 2. The van der Waals surface area contributed by atoms with Gasteiger partial charge in [0.2, 0.25) is 0 Å². The van der Waals surface area contributed by atoms with Crippen molar-refractivity contribution < 1.29 is 14.3 Å². The van der Waals surface area contributed by atoms with Crippen molar-refractivity contribution in [2.75, 3.05) is 19.7 Å². The lowest BCUT2D eigenvalue weighted by atomic mass is 10.2. The van der Waals surface area contributed by atoms with Crippen molar-refractivity contribution in [1.29, 1.82) is 0 Å². The van der Waals surface area contributed by atoms with Crippen molar-refractivity contribution in [1.82, 2.24) is 4.90 Å². The fraction of sp³-hybridized carbons (Fsp3) is 0.286. The highest BCUT2D eigenvalue weighted by molar-refractivity contribution is 14.1. The van der Waals surface area contributed by atoms with Gasteiger partial charge in [0.25, 0.3) is 5.91 Å². The maximum Gasteiger partial charge on any atom is 0.325 e. The summed E-state index contributed by atoms with van der Waals surface area (Å²) in [7, 11) is 0. The van der Waals surface area contributed by atoms with Crippen molar-refractivity contribution in [2.45, 2.75) is 6.92 Å². The third-order valence-corrected chi connectivity index (χ3v) is 3.78. The molecule has 108 valence electrons. The number of hydrogen-bond acceptors (Lipinski definition) is 3. The van der Waals surface area contributed by atoms with E-state index >= 15 is 0 Å². The second kappa shape index (κ2) is 8.41. The van der Waals surface area contributed by atoms with Crippen LogP contribution >= 0.6 is 38.5 Å². The van der Waals surface area contributed by atoms with Crippen LogP contribution in [0.3, 0.4) is 0 Å². The Labute approximate surface area is 140 Å². The molecule has 0 atom stereocenters. The van der Waals surface area contributed by atoms with Gasteiger partial charge >= 0.3 is 5.97 Å². The SMILES string of the molecule is C=CCN(CC(=O)OCC)C(=O)c1cc(I)ccc1Br. The molecule has 1 amide bonds. The zero-order valence-corrected chi connectivity index (χ0v) is 14.8. The molecule has 0 aliphatic carbocycles. The van der Waals surface area contributed by atoms with Crippen LogP contribution in [0.25, 0.3) is 0 Å². The molecule has 0 heterocycles. The zero-order chi connectivity index (χ0) is 15.1. The Morgan fingerprint density at radius 3 is 2.80 bits per heavy atom. The molecule has 0 aliphatic rings. The van der Waals surface area contributed by atoms with Crippen LogP contribution < -0.4 is 0 Å². The molecule has 0 bridgehead atoms. The van der Waals surface area contributed by atoms with E-state index in [4.69, 9.17) is 4.74 Å². The topological polar surface area (TPSA) is 46.6 Å². The Hall–Kier alpha value is -0.890. The van der Waals surface area contributed by atoms with Gasteiger partial charge in [0, 0.05) is 14.6 Å². The van der Waals surface area contributed by atoms with Gasteiger partial charge in [-0.2, -0.15) is 0 Å². The first kappa shape index (κ1) is 17.2. The Bertz CT molecular complexity index is 519. The molecule has 0 unspecified atom stereocenters. The van der Waals surface area contributed by atoms with E-state index in [-0.39, 0.29) is 19.0 Å². The van der Waals surface area contributed by atoms with E-state index in [9.17, 15) is 9.59 Å². The van der Waals surface area contributed by atoms with Crippen LogP contribution in [-0.2, 0) is 9.53 Å². The Balaban J connectivity index is 2.95. The summed E-state index contributed by atoms with van der Waals surface area (Å²) in [5.74, 6) is -0.659. The van der Waals surface area contributed by atoms with E-state index in [1.165, 1.54) is 4.90 Å². The average molecular weight is 452 g/mol. The van der Waals surface area contributed by atoms with Crippen LogP contribution in [0.4, 0.5) is 0 Å². The Morgan fingerprint density at radius 2 is 2.20 bits per heavy atom. The van der Waals surface area contributed by atoms with Crippen molar-refractivity contribution in [3.63, 3.8) is 0 Å². The second-order valence-electron chi connectivity index (χ2n) is 3.90. The van der Waals surface area contributed by atoms with Crippen molar-refractivity contribution in [3.05, 3.63) is 44.5 Å². The number of hydrogen-bond donors (Lipinski definition) is 0. The van der Waals surface area contributed by atoms with Gasteiger partial charge < -0.3 is 9.64 Å². The highest BCUT2D eigenvalue weighted by Crippen LogP contribution is 2.21. The number of carbonyl (C=O) groups excluding carboxylic acids is 2. The van der Waals surface area contributed by atoms with Crippen molar-refractivity contribution in [2.24, 2.45) is 0 Å². The van der Waals surface area contributed by atoms with Gasteiger partial charge in [-0.05, 0) is 63.6 Å². The molecule has 0 N–H and O–H groups in total. The third kappa shape index (κ3) is 4.90. The lowest BCUT2D eigenvalue weighted by Gasteiger charge is -2.20. The molecule has 1 aromatic rings. The molecule has 0 aliphatic heterocycles. The van der Waals surface area contributed by atoms with Crippen molar-refractivity contribution in [3.8, 4) is 0 Å². The molecule has 0 saturated heterocycles. The van der Waals surface area contributed by atoms with Crippen LogP contribution in [-0.4, -0.2) is 36.5 Å². The molecule has 0 saturated carbocycles. The molecule has 1 rings (SSSR count). The fourth-order valence-electron chi connectivity index (χ4n) is 1.57. The molecule has 0 spiro atoms. The predicted molar refractivity (Wildman–Crippen MR) is 89.6 cm³/mol. The van der Waals surface area contributed by atoms with Crippen molar-refractivity contribution >= 4 is 50.4 Å². The minimum Gasteiger partial charge on any atom is -0.465 e. The quantitative estimate of drug-likeness (QED) is 0.379. The molecular formula is C14H15BrINO3. The number of esters is 1. The smallest absolute Gasteiger partial charge is 0.325 e. The third-order valence-electron chi connectivity index (χ3n) is 2.42. The lowest BCUT2D eigenvalue weighted by molar-refractivity contribution is -0.143. The first-order chi connectivity index (χ1) is 9.49. The molecule has 1 aromatic carbocycles. The number of rotatable bonds is 6. The van der Waals surface area contributed by atoms with Gasteiger partial charge in [-0.3, -0.25) is 9.59 Å². The Morgan fingerprint density at radius 1 is 1.50 bits per heavy atom. The number of nitrogens with zero attached hydrogens (tertiary/aromatic N) is 1. The zero-order valence-electron chi connectivity index (χ0n) is 11.1. The number of carbonyl (C=O) groups is 2. The summed E-state index contributed by atoms with van der Waals surface area (Å²) in [6.07, 6.45) is 1.58. The van der Waals surface area contributed by atoms with Gasteiger partial charge in [-0.1, -0.05) is 6.08 Å². The number of benzene rings is 1. The summed E-state index contributed by atoms with van der Waals surface area (Å²) in [6.45, 7) is 5.83. The summed E-state index contributed by atoms with van der Waals surface area (Å²) >= 11 is 5.49. The summed E-state index contributed by atoms with van der Waals surface area (Å²) in [5, 5.41) is 0. The fourth-order valence-corrected chi connectivity index (χ4v) is 2.48. The van der Waals surface area contributed by atoms with Gasteiger partial charge in [-0.15, -0.1) is 6.58 Å². The van der Waals surface area contributed by atoms with Gasteiger partial charge in [0.05, 0.1) is 12.2 Å². The summed E-state index contributed by atoms with van der Waals surface area (Å²) < 4.78 is 6.52. The summed E-state index contributed by atoms with van der Waals surface area (Å²) in [5.41, 5.74) is 0.517. The summed E-state index contributed by atoms with van der Waals surface area (Å²) in [4.78, 5) is 25.4.